The van der Waals surface area contributed by atoms with Gasteiger partial charge >= 0.3 is 0 Å². The number of hydrogen-bond acceptors (Lipinski definition) is 5. The van der Waals surface area contributed by atoms with Crippen LogP contribution in [0.1, 0.15) is 11.1 Å². The van der Waals surface area contributed by atoms with E-state index in [4.69, 9.17) is 0 Å². The van der Waals surface area contributed by atoms with Gasteiger partial charge in [-0.1, -0.05) is 15.9 Å². The highest BCUT2D eigenvalue weighted by Gasteiger charge is 2.28. The van der Waals surface area contributed by atoms with Crippen LogP contribution < -0.4 is 0 Å². The van der Waals surface area contributed by atoms with Crippen LogP contribution in [0.25, 0.3) is 5.76 Å². The van der Waals surface area contributed by atoms with E-state index < -0.39 is 0 Å². The Bertz CT molecular complexity index is 858. The second-order valence-corrected chi connectivity index (χ2v) is 6.18. The number of fused-ring (bicyclic) bond motifs is 3. The molecule has 1 aromatic carbocycles. The number of rotatable bonds is 2. The Morgan fingerprint density at radius 2 is 2.22 bits per heavy atom. The molecule has 2 aliphatic rings. The summed E-state index contributed by atoms with van der Waals surface area (Å²) in [6.45, 7) is 1.48. The van der Waals surface area contributed by atoms with Crippen molar-refractivity contribution in [3.05, 3.63) is 64.4 Å². The predicted octanol–water partition coefficient (Wildman–Crippen LogP) is 3.55. The summed E-state index contributed by atoms with van der Waals surface area (Å²) in [4.78, 5) is 15.3. The monoisotopic (exact) mass is 368 g/mol. The molecule has 0 radical (unpaired) electrons. The van der Waals surface area contributed by atoms with Crippen molar-refractivity contribution in [2.75, 3.05) is 13.1 Å². The number of nitrogens with zero attached hydrogens (tertiary/aromatic N) is 4. The van der Waals surface area contributed by atoms with Gasteiger partial charge in [-0.2, -0.15) is 0 Å². The molecule has 0 amide bonds. The van der Waals surface area contributed by atoms with Crippen LogP contribution in [0.15, 0.2) is 63.3 Å². The molecule has 4 rings (SSSR count). The zero-order chi connectivity index (χ0) is 15.8. The molecule has 0 saturated heterocycles. The third-order valence-corrected chi connectivity index (χ3v) is 4.27. The molecule has 0 spiro atoms. The highest BCUT2D eigenvalue weighted by Crippen LogP contribution is 2.31. The van der Waals surface area contributed by atoms with Gasteiger partial charge in [0.05, 0.1) is 12.2 Å². The van der Waals surface area contributed by atoms with Crippen molar-refractivity contribution >= 4 is 39.0 Å². The number of halogens is 1. The van der Waals surface area contributed by atoms with Gasteiger partial charge in [0, 0.05) is 40.6 Å². The lowest BCUT2D eigenvalue weighted by Gasteiger charge is -2.26. The van der Waals surface area contributed by atoms with Crippen LogP contribution in [-0.2, 0) is 0 Å². The van der Waals surface area contributed by atoms with Gasteiger partial charge in [-0.25, -0.2) is 4.99 Å². The van der Waals surface area contributed by atoms with Crippen LogP contribution in [0.3, 0.4) is 0 Å². The van der Waals surface area contributed by atoms with E-state index in [1.54, 1.807) is 24.5 Å². The Labute approximate surface area is 141 Å². The van der Waals surface area contributed by atoms with Crippen LogP contribution in [0.4, 0.5) is 5.69 Å². The number of benzene rings is 1. The lowest BCUT2D eigenvalue weighted by atomic mass is 10.1. The van der Waals surface area contributed by atoms with E-state index in [0.29, 0.717) is 11.4 Å². The van der Waals surface area contributed by atoms with Gasteiger partial charge in [0.2, 0.25) is 0 Å². The first kappa shape index (κ1) is 14.1. The molecule has 1 N–H and O–H groups in total. The quantitative estimate of drug-likeness (QED) is 0.824. The van der Waals surface area contributed by atoms with Gasteiger partial charge < -0.3 is 10.0 Å². The van der Waals surface area contributed by atoms with Crippen LogP contribution >= 0.6 is 15.9 Å². The van der Waals surface area contributed by atoms with E-state index in [-0.39, 0.29) is 5.76 Å². The van der Waals surface area contributed by atoms with Crippen LogP contribution in [0, 0.1) is 0 Å². The molecule has 1 aromatic heterocycles. The smallest absolute Gasteiger partial charge is 0.138 e. The topological polar surface area (TPSA) is 61.1 Å². The van der Waals surface area contributed by atoms with E-state index in [2.05, 4.69) is 30.9 Å². The SMILES string of the molecule is O/C(=C\C1=Nc2ccc(Br)cc2C2=NCCN12)c1cccnc1. The van der Waals surface area contributed by atoms with E-state index >= 15 is 0 Å². The summed E-state index contributed by atoms with van der Waals surface area (Å²) in [5.74, 6) is 1.74. The molecule has 0 bridgehead atoms. The van der Waals surface area contributed by atoms with Gasteiger partial charge in [-0.3, -0.25) is 9.98 Å². The van der Waals surface area contributed by atoms with Gasteiger partial charge in [0.25, 0.3) is 0 Å². The van der Waals surface area contributed by atoms with Crippen LogP contribution in [0.2, 0.25) is 0 Å². The zero-order valence-electron chi connectivity index (χ0n) is 12.1. The van der Waals surface area contributed by atoms with E-state index in [1.165, 1.54) is 0 Å². The van der Waals surface area contributed by atoms with Crippen LogP contribution in [-0.4, -0.2) is 39.8 Å². The van der Waals surface area contributed by atoms with E-state index in [1.807, 2.05) is 29.2 Å². The van der Waals surface area contributed by atoms with E-state index in [0.717, 1.165) is 34.6 Å². The summed E-state index contributed by atoms with van der Waals surface area (Å²) < 4.78 is 0.998. The molecule has 0 unspecified atom stereocenters. The summed E-state index contributed by atoms with van der Waals surface area (Å²) >= 11 is 3.49. The molecule has 2 aromatic rings. The maximum Gasteiger partial charge on any atom is 0.138 e. The van der Waals surface area contributed by atoms with Gasteiger partial charge in [-0.15, -0.1) is 0 Å². The number of aliphatic hydroxyl groups is 1. The number of aliphatic hydroxyl groups excluding tert-OH is 1. The lowest BCUT2D eigenvalue weighted by molar-refractivity contribution is 0.511. The number of aliphatic imine (C=N–C) groups is 2. The van der Waals surface area contributed by atoms with Gasteiger partial charge in [0.1, 0.15) is 17.4 Å². The number of pyridine rings is 1. The molecule has 0 atom stereocenters. The molecule has 0 saturated carbocycles. The fourth-order valence-electron chi connectivity index (χ4n) is 2.70. The van der Waals surface area contributed by atoms with Crippen molar-refractivity contribution in [3.8, 4) is 0 Å². The minimum Gasteiger partial charge on any atom is -0.507 e. The Morgan fingerprint density at radius 1 is 1.30 bits per heavy atom. The van der Waals surface area contributed by atoms with Crippen molar-refractivity contribution in [3.63, 3.8) is 0 Å². The Balaban J connectivity index is 1.80. The van der Waals surface area contributed by atoms with Crippen molar-refractivity contribution < 1.29 is 5.11 Å². The molecule has 0 fully saturated rings. The average Bonchev–Trinajstić information content (AvgIpc) is 3.06. The standard InChI is InChI=1S/C17H13BrN4O/c18-12-3-4-14-13(8-12)17-20-6-7-22(17)16(21-14)9-15(23)11-2-1-5-19-10-11/h1-5,8-10,23H,6-7H2/b15-9-. The number of hydrogen-bond donors (Lipinski definition) is 1. The van der Waals surface area contributed by atoms with Gasteiger partial charge in [0.15, 0.2) is 0 Å². The minimum atomic E-state index is 0.142. The predicted molar refractivity (Wildman–Crippen MR) is 94.2 cm³/mol. The third-order valence-electron chi connectivity index (χ3n) is 3.78. The highest BCUT2D eigenvalue weighted by molar-refractivity contribution is 9.10. The van der Waals surface area contributed by atoms with Crippen molar-refractivity contribution in [1.82, 2.24) is 9.88 Å². The summed E-state index contributed by atoms with van der Waals surface area (Å²) in [5.41, 5.74) is 2.53. The maximum atomic E-state index is 10.4. The normalized spacial score (nSPS) is 16.6. The second kappa shape index (κ2) is 5.62. The molecule has 23 heavy (non-hydrogen) atoms. The first-order chi connectivity index (χ1) is 11.2. The Morgan fingerprint density at radius 3 is 3.04 bits per heavy atom. The molecular weight excluding hydrogens is 356 g/mol. The van der Waals surface area contributed by atoms with Crippen LogP contribution in [0.5, 0.6) is 0 Å². The summed E-state index contributed by atoms with van der Waals surface area (Å²) in [5, 5.41) is 10.4. The minimum absolute atomic E-state index is 0.142. The molecule has 6 heteroatoms. The summed E-state index contributed by atoms with van der Waals surface area (Å²) in [7, 11) is 0. The molecule has 3 heterocycles. The fraction of sp³-hybridized carbons (Fsp3) is 0.118. The molecule has 2 aliphatic heterocycles. The van der Waals surface area contributed by atoms with E-state index in [9.17, 15) is 5.11 Å². The number of amidine groups is 2. The maximum absolute atomic E-state index is 10.4. The largest absolute Gasteiger partial charge is 0.507 e. The highest BCUT2D eigenvalue weighted by atomic mass is 79.9. The Kier molecular flexibility index (Phi) is 3.46. The number of aromatic nitrogens is 1. The summed E-state index contributed by atoms with van der Waals surface area (Å²) in [6, 6.07) is 9.53. The summed E-state index contributed by atoms with van der Waals surface area (Å²) in [6.07, 6.45) is 4.97. The van der Waals surface area contributed by atoms with Crippen molar-refractivity contribution in [2.45, 2.75) is 0 Å². The molecular formula is C17H13BrN4O. The second-order valence-electron chi connectivity index (χ2n) is 5.26. The fourth-order valence-corrected chi connectivity index (χ4v) is 3.06. The molecule has 5 nitrogen and oxygen atoms in total. The Hall–Kier alpha value is -2.47. The van der Waals surface area contributed by atoms with Crippen molar-refractivity contribution in [1.29, 1.82) is 0 Å². The molecule has 114 valence electrons. The lowest BCUT2D eigenvalue weighted by Crippen LogP contribution is -2.36. The first-order valence-corrected chi connectivity index (χ1v) is 8.03. The zero-order valence-corrected chi connectivity index (χ0v) is 13.7. The van der Waals surface area contributed by atoms with Gasteiger partial charge in [-0.05, 0) is 30.3 Å². The molecule has 0 aliphatic carbocycles. The first-order valence-electron chi connectivity index (χ1n) is 7.24. The van der Waals surface area contributed by atoms with Crippen molar-refractivity contribution in [2.24, 2.45) is 9.98 Å². The average molecular weight is 369 g/mol. The third kappa shape index (κ3) is 2.55.